The molecule has 1 heterocycles. The fourth-order valence-corrected chi connectivity index (χ4v) is 4.28. The number of hydrogen-bond acceptors (Lipinski definition) is 9. The molecule has 0 aliphatic carbocycles. The number of rotatable bonds is 4. The standard InChI is InChI=1S/C6H13AsO10/c8-1-2-5(3(9)4(10)6(11)12)17-7(13,14,15)16-2/h2-5,8-10,13-15H,1H2,(H,11,12). The number of carboxylic acid groups (broad SMARTS) is 1. The van der Waals surface area contributed by atoms with Gasteiger partial charge in [0, 0.05) is 0 Å². The van der Waals surface area contributed by atoms with Gasteiger partial charge in [-0.15, -0.1) is 0 Å². The molecule has 0 aromatic carbocycles. The quantitative estimate of drug-likeness (QED) is 0.249. The average molecular weight is 320 g/mol. The maximum atomic E-state index is 10.4. The summed E-state index contributed by atoms with van der Waals surface area (Å²) in [7, 11) is 0. The fourth-order valence-electron chi connectivity index (χ4n) is 1.35. The van der Waals surface area contributed by atoms with Crippen molar-refractivity contribution in [1.82, 2.24) is 0 Å². The van der Waals surface area contributed by atoms with Crippen LogP contribution in [-0.4, -0.2) is 83.9 Å². The third kappa shape index (κ3) is 3.34. The Morgan fingerprint density at radius 1 is 1.24 bits per heavy atom. The molecule has 0 aromatic heterocycles. The molecule has 1 aliphatic rings. The van der Waals surface area contributed by atoms with Crippen molar-refractivity contribution in [1.29, 1.82) is 0 Å². The molecule has 0 bridgehead atoms. The van der Waals surface area contributed by atoms with E-state index in [0.29, 0.717) is 0 Å². The van der Waals surface area contributed by atoms with Crippen molar-refractivity contribution in [3.05, 3.63) is 0 Å². The molecule has 1 rings (SSSR count). The average Bonchev–Trinajstić information content (AvgIpc) is 2.46. The number of carbonyl (C=O) groups is 1. The van der Waals surface area contributed by atoms with Crippen LogP contribution in [0.3, 0.4) is 0 Å². The van der Waals surface area contributed by atoms with E-state index in [0.717, 1.165) is 0 Å². The van der Waals surface area contributed by atoms with Gasteiger partial charge in [0.15, 0.2) is 0 Å². The van der Waals surface area contributed by atoms with Crippen LogP contribution < -0.4 is 0 Å². The summed E-state index contributed by atoms with van der Waals surface area (Å²) in [6, 6.07) is 0. The zero-order chi connectivity index (χ0) is 13.5. The van der Waals surface area contributed by atoms with E-state index >= 15 is 0 Å². The molecular formula is C6H13AsO10. The van der Waals surface area contributed by atoms with E-state index in [2.05, 4.69) is 7.45 Å². The third-order valence-electron chi connectivity index (χ3n) is 2.09. The summed E-state index contributed by atoms with van der Waals surface area (Å²) in [4.78, 5) is 10.4. The summed E-state index contributed by atoms with van der Waals surface area (Å²) in [6.07, 6.45) is -7.75. The van der Waals surface area contributed by atoms with Crippen LogP contribution in [0.4, 0.5) is 0 Å². The van der Waals surface area contributed by atoms with E-state index in [9.17, 15) is 9.90 Å². The zero-order valence-corrected chi connectivity index (χ0v) is 10.2. The van der Waals surface area contributed by atoms with Gasteiger partial charge in [0.2, 0.25) is 0 Å². The molecule has 0 spiro atoms. The molecule has 17 heavy (non-hydrogen) atoms. The van der Waals surface area contributed by atoms with Crippen molar-refractivity contribution >= 4 is 20.1 Å². The van der Waals surface area contributed by atoms with E-state index in [1.807, 2.05) is 0 Å². The minimum atomic E-state index is -6.47. The Morgan fingerprint density at radius 3 is 2.18 bits per heavy atom. The van der Waals surface area contributed by atoms with Crippen molar-refractivity contribution in [3.63, 3.8) is 0 Å². The molecule has 0 saturated carbocycles. The van der Waals surface area contributed by atoms with Crippen LogP contribution in [0.15, 0.2) is 0 Å². The van der Waals surface area contributed by atoms with E-state index in [-0.39, 0.29) is 0 Å². The van der Waals surface area contributed by atoms with Crippen molar-refractivity contribution < 1.29 is 45.0 Å². The first-order valence-electron chi connectivity index (χ1n) is 4.39. The van der Waals surface area contributed by atoms with Crippen molar-refractivity contribution in [2.75, 3.05) is 6.61 Å². The van der Waals surface area contributed by atoms with Crippen LogP contribution in [0.25, 0.3) is 0 Å². The zero-order valence-electron chi connectivity index (χ0n) is 8.32. The molecule has 0 aromatic rings. The summed E-state index contributed by atoms with van der Waals surface area (Å²) in [5, 5.41) is 35.6. The van der Waals surface area contributed by atoms with E-state index < -0.39 is 51.1 Å². The summed E-state index contributed by atoms with van der Waals surface area (Å²) < 4.78 is 35.8. The first-order valence-corrected chi connectivity index (χ1v) is 8.44. The number of hydrogen-bond donors (Lipinski definition) is 7. The Labute approximate surface area is 96.7 Å². The van der Waals surface area contributed by atoms with Crippen LogP contribution in [0, 0.1) is 0 Å². The normalized spacial score (nSPS) is 36.7. The minimum absolute atomic E-state index is 0.883. The van der Waals surface area contributed by atoms with E-state index in [4.69, 9.17) is 27.6 Å². The summed E-state index contributed by atoms with van der Waals surface area (Å²) in [5.74, 6) is -1.79. The molecule has 1 saturated heterocycles. The van der Waals surface area contributed by atoms with Gasteiger partial charge >= 0.3 is 96.1 Å². The molecule has 10 nitrogen and oxygen atoms in total. The SMILES string of the molecule is O=C(O)C(O)C(O)C1O[As](O)(O)(O)OC1CO. The number of aliphatic carboxylic acids is 1. The second kappa shape index (κ2) is 4.43. The Balaban J connectivity index is 2.87. The van der Waals surface area contributed by atoms with Gasteiger partial charge in [-0.2, -0.15) is 0 Å². The summed E-state index contributed by atoms with van der Waals surface area (Å²) in [6.45, 7) is -0.883. The molecule has 4 unspecified atom stereocenters. The molecule has 0 radical (unpaired) electrons. The number of carboxylic acids is 1. The van der Waals surface area contributed by atoms with Gasteiger partial charge in [-0.25, -0.2) is 0 Å². The van der Waals surface area contributed by atoms with Crippen LogP contribution in [0.5, 0.6) is 0 Å². The molecule has 11 heteroatoms. The fraction of sp³-hybridized carbons (Fsp3) is 0.833. The van der Waals surface area contributed by atoms with Gasteiger partial charge in [0.1, 0.15) is 0 Å². The Kier molecular flexibility index (Phi) is 3.85. The van der Waals surface area contributed by atoms with Gasteiger partial charge in [0.25, 0.3) is 0 Å². The number of aliphatic hydroxyl groups is 3. The molecule has 102 valence electrons. The molecule has 4 atom stereocenters. The monoisotopic (exact) mass is 320 g/mol. The van der Waals surface area contributed by atoms with E-state index in [1.54, 1.807) is 0 Å². The van der Waals surface area contributed by atoms with Gasteiger partial charge in [-0.3, -0.25) is 0 Å². The molecule has 1 fully saturated rings. The second-order valence-corrected chi connectivity index (χ2v) is 7.88. The molecular weight excluding hydrogens is 307 g/mol. The van der Waals surface area contributed by atoms with Crippen LogP contribution in [0.1, 0.15) is 0 Å². The first-order chi connectivity index (χ1) is 7.55. The Hall–Kier alpha value is -0.292. The van der Waals surface area contributed by atoms with Gasteiger partial charge in [-0.05, 0) is 0 Å². The molecule has 1 aliphatic heterocycles. The first kappa shape index (κ1) is 14.8. The Bertz CT molecular complexity index is 310. The summed E-state index contributed by atoms with van der Waals surface area (Å²) >= 11 is -6.47. The van der Waals surface area contributed by atoms with Crippen molar-refractivity contribution in [2.45, 2.75) is 24.4 Å². The molecule has 7 N–H and O–H groups in total. The maximum absolute atomic E-state index is 10.4. The predicted octanol–water partition coefficient (Wildman–Crippen LogP) is -4.57. The van der Waals surface area contributed by atoms with Gasteiger partial charge in [-0.1, -0.05) is 0 Å². The van der Waals surface area contributed by atoms with Gasteiger partial charge in [0.05, 0.1) is 0 Å². The van der Waals surface area contributed by atoms with Crippen LogP contribution in [-0.2, 0) is 12.2 Å². The van der Waals surface area contributed by atoms with Crippen LogP contribution >= 0.6 is 0 Å². The topological polar surface area (TPSA) is 177 Å². The van der Waals surface area contributed by atoms with E-state index in [1.165, 1.54) is 0 Å². The third-order valence-corrected chi connectivity index (χ3v) is 4.71. The van der Waals surface area contributed by atoms with Crippen molar-refractivity contribution in [3.8, 4) is 0 Å². The second-order valence-electron chi connectivity index (χ2n) is 3.50. The van der Waals surface area contributed by atoms with Gasteiger partial charge < -0.3 is 0 Å². The molecule has 0 amide bonds. The summed E-state index contributed by atoms with van der Waals surface area (Å²) in [5.41, 5.74) is 0. The number of aliphatic hydroxyl groups excluding tert-OH is 3. The Morgan fingerprint density at radius 2 is 1.76 bits per heavy atom. The van der Waals surface area contributed by atoms with Crippen LogP contribution in [0.2, 0.25) is 0 Å². The predicted molar refractivity (Wildman–Crippen MR) is 48.9 cm³/mol. The van der Waals surface area contributed by atoms with Crippen molar-refractivity contribution in [2.24, 2.45) is 0 Å².